The van der Waals surface area contributed by atoms with E-state index in [9.17, 15) is 23.2 Å². The lowest BCUT2D eigenvalue weighted by atomic mass is 9.92. The minimum atomic E-state index is -4.57. The third-order valence-electron chi connectivity index (χ3n) is 4.64. The van der Waals surface area contributed by atoms with Gasteiger partial charge in [0, 0.05) is 6.20 Å². The number of fused-ring (bicyclic) bond motifs is 1. The molecule has 0 atom stereocenters. The number of nitriles is 1. The molecule has 11 heteroatoms. The summed E-state index contributed by atoms with van der Waals surface area (Å²) in [5.74, 6) is -0.471. The fraction of sp³-hybridized carbons (Fsp3) is 0.529. The predicted molar refractivity (Wildman–Crippen MR) is 97.9 cm³/mol. The van der Waals surface area contributed by atoms with Gasteiger partial charge in [-0.25, -0.2) is 0 Å². The van der Waals surface area contributed by atoms with Crippen LogP contribution in [-0.4, -0.2) is 31.8 Å². The van der Waals surface area contributed by atoms with Crippen molar-refractivity contribution in [3.05, 3.63) is 22.8 Å². The molecule has 28 heavy (non-hydrogen) atoms. The van der Waals surface area contributed by atoms with Crippen LogP contribution >= 0.6 is 23.4 Å². The number of thioether (sulfide) groups is 1. The molecule has 1 N–H and O–H groups in total. The highest BCUT2D eigenvalue weighted by Crippen LogP contribution is 2.33. The van der Waals surface area contributed by atoms with Crippen molar-refractivity contribution in [1.82, 2.24) is 19.9 Å². The van der Waals surface area contributed by atoms with E-state index < -0.39 is 17.3 Å². The van der Waals surface area contributed by atoms with E-state index in [1.807, 2.05) is 0 Å². The van der Waals surface area contributed by atoms with Crippen LogP contribution in [0.3, 0.4) is 0 Å². The minimum Gasteiger partial charge on any atom is -0.337 e. The summed E-state index contributed by atoms with van der Waals surface area (Å²) in [6.07, 6.45) is 1.27. The summed E-state index contributed by atoms with van der Waals surface area (Å²) in [6, 6.07) is 3.01. The fourth-order valence-corrected chi connectivity index (χ4v) is 4.17. The largest absolute Gasteiger partial charge is 0.417 e. The highest BCUT2D eigenvalue weighted by atomic mass is 35.5. The van der Waals surface area contributed by atoms with Crippen LogP contribution in [0.25, 0.3) is 5.65 Å². The van der Waals surface area contributed by atoms with Crippen LogP contribution in [0.5, 0.6) is 0 Å². The molecule has 0 unspecified atom stereocenters. The van der Waals surface area contributed by atoms with E-state index in [0.717, 1.165) is 54.1 Å². The van der Waals surface area contributed by atoms with E-state index in [4.69, 9.17) is 11.6 Å². The zero-order valence-electron chi connectivity index (χ0n) is 14.7. The summed E-state index contributed by atoms with van der Waals surface area (Å²) >= 11 is 6.82. The SMILES string of the molecule is N#CC1(NC(=O)CSc2nnc3c(Cl)cc(C(F)(F)F)cn23)CCCCCC1. The number of aromatic nitrogens is 3. The van der Waals surface area contributed by atoms with E-state index in [2.05, 4.69) is 21.6 Å². The maximum atomic E-state index is 13.0. The molecule has 0 aromatic carbocycles. The van der Waals surface area contributed by atoms with Crippen molar-refractivity contribution in [2.24, 2.45) is 0 Å². The molecule has 1 saturated carbocycles. The normalized spacial score (nSPS) is 17.1. The van der Waals surface area contributed by atoms with Gasteiger partial charge >= 0.3 is 6.18 Å². The van der Waals surface area contributed by atoms with Gasteiger partial charge in [0.05, 0.1) is 22.4 Å². The number of hydrogen-bond donors (Lipinski definition) is 1. The number of amides is 1. The molecule has 6 nitrogen and oxygen atoms in total. The average Bonchev–Trinajstić information content (AvgIpc) is 2.91. The van der Waals surface area contributed by atoms with Gasteiger partial charge in [0.2, 0.25) is 5.91 Å². The predicted octanol–water partition coefficient (Wildman–Crippen LogP) is 4.23. The lowest BCUT2D eigenvalue weighted by molar-refractivity contribution is -0.137. The van der Waals surface area contributed by atoms with Crippen molar-refractivity contribution in [3.8, 4) is 6.07 Å². The van der Waals surface area contributed by atoms with Gasteiger partial charge in [-0.2, -0.15) is 18.4 Å². The highest BCUT2D eigenvalue weighted by Gasteiger charge is 2.33. The molecule has 2 aromatic heterocycles. The molecule has 2 heterocycles. The molecular formula is C17H17ClF3N5OS. The summed E-state index contributed by atoms with van der Waals surface area (Å²) < 4.78 is 40.1. The number of carbonyl (C=O) groups excluding carboxylic acids is 1. The van der Waals surface area contributed by atoms with Crippen LogP contribution in [-0.2, 0) is 11.0 Å². The Bertz CT molecular complexity index is 916. The zero-order valence-corrected chi connectivity index (χ0v) is 16.3. The van der Waals surface area contributed by atoms with Gasteiger partial charge in [-0.3, -0.25) is 9.20 Å². The first kappa shape index (κ1) is 20.7. The van der Waals surface area contributed by atoms with Crippen LogP contribution in [0, 0.1) is 11.3 Å². The van der Waals surface area contributed by atoms with Crippen molar-refractivity contribution in [3.63, 3.8) is 0 Å². The maximum absolute atomic E-state index is 13.0. The molecule has 0 bridgehead atoms. The van der Waals surface area contributed by atoms with Crippen LogP contribution in [0.2, 0.25) is 5.02 Å². The van der Waals surface area contributed by atoms with E-state index in [-0.39, 0.29) is 27.5 Å². The molecule has 0 spiro atoms. The molecule has 0 aliphatic heterocycles. The van der Waals surface area contributed by atoms with Crippen LogP contribution in [0.15, 0.2) is 17.4 Å². The van der Waals surface area contributed by atoms with Gasteiger partial charge in [0.15, 0.2) is 10.8 Å². The summed E-state index contributed by atoms with van der Waals surface area (Å²) in [5.41, 5.74) is -1.73. The van der Waals surface area contributed by atoms with E-state index in [1.165, 1.54) is 0 Å². The lowest BCUT2D eigenvalue weighted by Gasteiger charge is -2.26. The minimum absolute atomic E-state index is 0.0786. The van der Waals surface area contributed by atoms with E-state index >= 15 is 0 Å². The summed E-state index contributed by atoms with van der Waals surface area (Å²) in [6.45, 7) is 0. The first-order valence-electron chi connectivity index (χ1n) is 8.71. The summed E-state index contributed by atoms with van der Waals surface area (Å²) in [5, 5.41) is 19.9. The van der Waals surface area contributed by atoms with Gasteiger partial charge in [0.1, 0.15) is 5.54 Å². The second-order valence-corrected chi connectivity index (χ2v) is 8.05. The standard InChI is InChI=1S/C17H17ClF3N5OS/c18-12-7-11(17(19,20)21)8-26-14(12)24-25-15(26)28-9-13(27)23-16(10-22)5-3-1-2-4-6-16/h7-8H,1-6,9H2,(H,23,27). The Balaban J connectivity index is 1.73. The van der Waals surface area contributed by atoms with E-state index in [1.54, 1.807) is 0 Å². The Morgan fingerprint density at radius 1 is 1.32 bits per heavy atom. The van der Waals surface area contributed by atoms with Gasteiger partial charge in [-0.05, 0) is 18.9 Å². The molecule has 0 saturated heterocycles. The third kappa shape index (κ3) is 4.52. The van der Waals surface area contributed by atoms with Gasteiger partial charge in [0.25, 0.3) is 0 Å². The first-order chi connectivity index (χ1) is 13.2. The Morgan fingerprint density at radius 2 is 2.00 bits per heavy atom. The molecular weight excluding hydrogens is 415 g/mol. The van der Waals surface area contributed by atoms with Crippen LogP contribution in [0.4, 0.5) is 13.2 Å². The maximum Gasteiger partial charge on any atom is 0.417 e. The van der Waals surface area contributed by atoms with Crippen molar-refractivity contribution < 1.29 is 18.0 Å². The van der Waals surface area contributed by atoms with Crippen molar-refractivity contribution in [2.75, 3.05) is 5.75 Å². The molecule has 3 rings (SSSR count). The number of rotatable bonds is 4. The molecule has 1 amide bonds. The Labute approximate surface area is 168 Å². The molecule has 1 aliphatic carbocycles. The molecule has 0 radical (unpaired) electrons. The first-order valence-corrected chi connectivity index (χ1v) is 10.1. The number of carbonyl (C=O) groups is 1. The second-order valence-electron chi connectivity index (χ2n) is 6.70. The Morgan fingerprint density at radius 3 is 2.61 bits per heavy atom. The topological polar surface area (TPSA) is 83.1 Å². The van der Waals surface area contributed by atoms with Gasteiger partial charge < -0.3 is 5.32 Å². The second kappa shape index (κ2) is 8.17. The molecule has 2 aromatic rings. The van der Waals surface area contributed by atoms with Gasteiger partial charge in [-0.15, -0.1) is 10.2 Å². The van der Waals surface area contributed by atoms with Crippen molar-refractivity contribution in [1.29, 1.82) is 5.26 Å². The number of pyridine rings is 1. The third-order valence-corrected chi connectivity index (χ3v) is 5.86. The highest BCUT2D eigenvalue weighted by molar-refractivity contribution is 7.99. The summed E-state index contributed by atoms with van der Waals surface area (Å²) in [7, 11) is 0. The molecule has 150 valence electrons. The molecule has 1 fully saturated rings. The Hall–Kier alpha value is -1.99. The van der Waals surface area contributed by atoms with Gasteiger partial charge in [-0.1, -0.05) is 49.0 Å². The van der Waals surface area contributed by atoms with Crippen LogP contribution < -0.4 is 5.32 Å². The number of hydrogen-bond acceptors (Lipinski definition) is 5. The Kier molecular flexibility index (Phi) is 6.05. The lowest BCUT2D eigenvalue weighted by Crippen LogP contribution is -2.47. The fourth-order valence-electron chi connectivity index (χ4n) is 3.22. The monoisotopic (exact) mass is 431 g/mol. The van der Waals surface area contributed by atoms with E-state index in [0.29, 0.717) is 12.8 Å². The quantitative estimate of drug-likeness (QED) is 0.578. The zero-order chi connectivity index (χ0) is 20.4. The number of nitrogens with zero attached hydrogens (tertiary/aromatic N) is 4. The number of alkyl halides is 3. The smallest absolute Gasteiger partial charge is 0.337 e. The number of nitrogens with one attached hydrogen (secondary N) is 1. The number of halogens is 4. The summed E-state index contributed by atoms with van der Waals surface area (Å²) in [4.78, 5) is 12.4. The van der Waals surface area contributed by atoms with Crippen molar-refractivity contribution in [2.45, 2.75) is 55.4 Å². The van der Waals surface area contributed by atoms with Crippen LogP contribution in [0.1, 0.15) is 44.1 Å². The average molecular weight is 432 g/mol. The molecule has 1 aliphatic rings. The van der Waals surface area contributed by atoms with Crippen molar-refractivity contribution >= 4 is 34.9 Å².